The van der Waals surface area contributed by atoms with Gasteiger partial charge in [-0.3, -0.25) is 19.6 Å². The molecule has 1 unspecified atom stereocenters. The molecule has 2 amide bonds. The van der Waals surface area contributed by atoms with Crippen LogP contribution in [0, 0.1) is 5.41 Å². The predicted molar refractivity (Wildman–Crippen MR) is 199 cm³/mol. The van der Waals surface area contributed by atoms with E-state index < -0.39 is 5.41 Å². The molecular formula is C39H43N9O4. The van der Waals surface area contributed by atoms with Crippen LogP contribution in [-0.2, 0) is 9.59 Å². The number of hydrogen-bond donors (Lipinski definition) is 2. The first kappa shape index (κ1) is 33.6. The molecule has 2 N–H and O–H groups in total. The topological polar surface area (TPSA) is 146 Å². The van der Waals surface area contributed by atoms with Crippen molar-refractivity contribution < 1.29 is 18.7 Å². The molecule has 2 fully saturated rings. The van der Waals surface area contributed by atoms with Gasteiger partial charge in [0.25, 0.3) is 0 Å². The van der Waals surface area contributed by atoms with Crippen LogP contribution in [0.3, 0.4) is 0 Å². The number of amides is 2. The molecule has 0 bridgehead atoms. The highest BCUT2D eigenvalue weighted by atomic mass is 16.5. The van der Waals surface area contributed by atoms with E-state index in [0.717, 1.165) is 64.8 Å². The summed E-state index contributed by atoms with van der Waals surface area (Å²) in [7, 11) is 0. The first-order valence-corrected chi connectivity index (χ1v) is 18.1. The van der Waals surface area contributed by atoms with Crippen molar-refractivity contribution in [3.05, 3.63) is 72.4 Å². The number of benzene rings is 2. The fourth-order valence-electron chi connectivity index (χ4n) is 7.60. The zero-order valence-corrected chi connectivity index (χ0v) is 29.8. The average Bonchev–Trinajstić information content (AvgIpc) is 3.96. The van der Waals surface area contributed by atoms with E-state index >= 15 is 0 Å². The minimum atomic E-state index is -0.471. The van der Waals surface area contributed by atoms with E-state index in [2.05, 4.69) is 53.8 Å². The van der Waals surface area contributed by atoms with Crippen LogP contribution in [0.15, 0.2) is 71.3 Å². The second-order valence-electron chi connectivity index (χ2n) is 14.1. The third-order valence-electron chi connectivity index (χ3n) is 10.3. The fourth-order valence-corrected chi connectivity index (χ4v) is 7.60. The van der Waals surface area contributed by atoms with Crippen LogP contribution in [0.1, 0.15) is 45.6 Å². The van der Waals surface area contributed by atoms with E-state index in [9.17, 15) is 9.59 Å². The maximum absolute atomic E-state index is 14.1. The summed E-state index contributed by atoms with van der Waals surface area (Å²) in [6.45, 7) is 10.2. The molecule has 2 saturated heterocycles. The van der Waals surface area contributed by atoms with Gasteiger partial charge in [0, 0.05) is 67.2 Å². The average molecular weight is 702 g/mol. The Morgan fingerprint density at radius 1 is 1.02 bits per heavy atom. The van der Waals surface area contributed by atoms with E-state index in [0.29, 0.717) is 57.1 Å². The van der Waals surface area contributed by atoms with Gasteiger partial charge in [0.15, 0.2) is 0 Å². The summed E-state index contributed by atoms with van der Waals surface area (Å²) in [5, 5.41) is 19.8. The standard InChI is InChI=1S/C39H43N9O4/c1-4-40-38-45-44-36(52-38)28-7-5-26(6-8-28)27-13-17-47(18-14-27)34(49)23-46-19-15-39(24-46)16-20-48(37(39)50)30-10-11-32-31(21-30)35(43-42-32)29-9-12-33(41-22-29)51-25(2)3/h5-13,21-22,25H,4,14-20,23-24H2,1-3H3,(H,40,45)(H,42,43). The fraction of sp³-hybridized carbons (Fsp3) is 0.385. The number of likely N-dealkylation sites (tertiary alicyclic amines) is 1. The Hall–Kier alpha value is -5.56. The molecular weight excluding hydrogens is 658 g/mol. The van der Waals surface area contributed by atoms with Crippen LogP contribution in [-0.4, -0.2) is 98.9 Å². The molecule has 0 saturated carbocycles. The Bertz CT molecular complexity index is 2120. The van der Waals surface area contributed by atoms with Gasteiger partial charge in [0.2, 0.25) is 23.6 Å². The Balaban J connectivity index is 0.876. The Labute approximate surface area is 302 Å². The highest BCUT2D eigenvalue weighted by molar-refractivity contribution is 6.03. The maximum atomic E-state index is 14.1. The van der Waals surface area contributed by atoms with Crippen molar-refractivity contribution in [1.29, 1.82) is 0 Å². The van der Waals surface area contributed by atoms with Crippen molar-refractivity contribution in [2.75, 3.05) is 56.0 Å². The van der Waals surface area contributed by atoms with E-state index in [4.69, 9.17) is 9.15 Å². The number of aromatic nitrogens is 5. The zero-order chi connectivity index (χ0) is 35.8. The highest BCUT2D eigenvalue weighted by Gasteiger charge is 2.51. The zero-order valence-electron chi connectivity index (χ0n) is 29.8. The Morgan fingerprint density at radius 3 is 2.58 bits per heavy atom. The van der Waals surface area contributed by atoms with Crippen LogP contribution in [0.25, 0.3) is 39.2 Å². The summed E-state index contributed by atoms with van der Waals surface area (Å²) in [4.78, 5) is 37.9. The lowest BCUT2D eigenvalue weighted by Gasteiger charge is -2.29. The van der Waals surface area contributed by atoms with Gasteiger partial charge in [0.05, 0.1) is 23.6 Å². The molecule has 1 atom stereocenters. The molecule has 3 aliphatic heterocycles. The van der Waals surface area contributed by atoms with Gasteiger partial charge < -0.3 is 24.3 Å². The first-order valence-electron chi connectivity index (χ1n) is 18.1. The Kier molecular flexibility index (Phi) is 8.96. The third kappa shape index (κ3) is 6.52. The highest BCUT2D eigenvalue weighted by Crippen LogP contribution is 2.43. The van der Waals surface area contributed by atoms with Crippen molar-refractivity contribution in [3.8, 4) is 28.6 Å². The van der Waals surface area contributed by atoms with E-state index in [-0.39, 0.29) is 17.9 Å². The van der Waals surface area contributed by atoms with Gasteiger partial charge in [0.1, 0.15) is 5.69 Å². The second-order valence-corrected chi connectivity index (χ2v) is 14.1. The normalized spacial score (nSPS) is 19.3. The summed E-state index contributed by atoms with van der Waals surface area (Å²) < 4.78 is 11.4. The van der Waals surface area contributed by atoms with Crippen molar-refractivity contribution in [2.24, 2.45) is 5.41 Å². The van der Waals surface area contributed by atoms with Crippen LogP contribution in [0.5, 0.6) is 5.88 Å². The molecule has 13 nitrogen and oxygen atoms in total. The van der Waals surface area contributed by atoms with Crippen LogP contribution < -0.4 is 15.0 Å². The maximum Gasteiger partial charge on any atom is 0.315 e. The van der Waals surface area contributed by atoms with E-state index in [1.54, 1.807) is 6.20 Å². The van der Waals surface area contributed by atoms with Crippen LogP contribution in [0.2, 0.25) is 0 Å². The number of fused-ring (bicyclic) bond motifs is 1. The summed E-state index contributed by atoms with van der Waals surface area (Å²) in [6.07, 6.45) is 6.26. The number of nitrogens with one attached hydrogen (secondary N) is 2. The second kappa shape index (κ2) is 13.9. The van der Waals surface area contributed by atoms with Gasteiger partial charge in [-0.25, -0.2) is 4.98 Å². The molecule has 1 spiro atoms. The minimum absolute atomic E-state index is 0.0424. The molecule has 8 rings (SSSR count). The molecule has 0 radical (unpaired) electrons. The molecule has 52 heavy (non-hydrogen) atoms. The molecule has 13 heteroatoms. The van der Waals surface area contributed by atoms with Crippen LogP contribution >= 0.6 is 0 Å². The van der Waals surface area contributed by atoms with Crippen molar-refractivity contribution in [1.82, 2.24) is 35.2 Å². The monoisotopic (exact) mass is 701 g/mol. The number of pyridine rings is 1. The SMILES string of the molecule is CCNc1nnc(-c2ccc(C3=CCN(C(=O)CN4CCC5(CCN(c6ccc7[nH]nc(-c8ccc(OC(C)C)nc8)c7c6)C5=O)C4)CC3)cc2)o1. The molecule has 268 valence electrons. The lowest BCUT2D eigenvalue weighted by atomic mass is 9.85. The third-order valence-corrected chi connectivity index (χ3v) is 10.3. The Morgan fingerprint density at radius 2 is 1.83 bits per heavy atom. The lowest BCUT2D eigenvalue weighted by Crippen LogP contribution is -2.43. The molecule has 6 heterocycles. The van der Waals surface area contributed by atoms with Crippen molar-refractivity contribution in [3.63, 3.8) is 0 Å². The summed E-state index contributed by atoms with van der Waals surface area (Å²) >= 11 is 0. The molecule has 0 aliphatic carbocycles. The lowest BCUT2D eigenvalue weighted by molar-refractivity contribution is -0.132. The van der Waals surface area contributed by atoms with E-state index in [1.165, 1.54) is 5.57 Å². The summed E-state index contributed by atoms with van der Waals surface area (Å²) in [5.41, 5.74) is 6.14. The summed E-state index contributed by atoms with van der Waals surface area (Å²) in [5.74, 6) is 1.29. The number of ether oxygens (including phenoxy) is 1. The quantitative estimate of drug-likeness (QED) is 0.188. The number of hydrogen-bond acceptors (Lipinski definition) is 10. The molecule has 3 aromatic heterocycles. The first-order chi connectivity index (χ1) is 25.3. The number of nitrogens with zero attached hydrogens (tertiary/aromatic N) is 7. The summed E-state index contributed by atoms with van der Waals surface area (Å²) in [6, 6.07) is 18.3. The number of anilines is 2. The molecule has 5 aromatic rings. The predicted octanol–water partition coefficient (Wildman–Crippen LogP) is 5.64. The molecule has 3 aliphatic rings. The van der Waals surface area contributed by atoms with Crippen molar-refractivity contribution in [2.45, 2.75) is 46.1 Å². The number of carbonyl (C=O) groups excluding carboxylic acids is 2. The van der Waals surface area contributed by atoms with E-state index in [1.807, 2.05) is 73.0 Å². The minimum Gasteiger partial charge on any atom is -0.475 e. The molecule has 2 aromatic carbocycles. The smallest absolute Gasteiger partial charge is 0.315 e. The van der Waals surface area contributed by atoms with Gasteiger partial charge in [-0.1, -0.05) is 23.3 Å². The van der Waals surface area contributed by atoms with Gasteiger partial charge in [-0.05, 0) is 94.1 Å². The van der Waals surface area contributed by atoms with Crippen LogP contribution in [0.4, 0.5) is 11.7 Å². The van der Waals surface area contributed by atoms with Gasteiger partial charge in [-0.15, -0.1) is 5.10 Å². The number of rotatable bonds is 10. The van der Waals surface area contributed by atoms with Crippen molar-refractivity contribution >= 4 is 40.0 Å². The largest absolute Gasteiger partial charge is 0.475 e. The van der Waals surface area contributed by atoms with Gasteiger partial charge in [-0.2, -0.15) is 5.10 Å². The number of H-pyrrole nitrogens is 1. The number of carbonyl (C=O) groups is 2. The number of aromatic amines is 1. The van der Waals surface area contributed by atoms with Gasteiger partial charge >= 0.3 is 6.01 Å².